The van der Waals surface area contributed by atoms with Crippen molar-refractivity contribution >= 4 is 0 Å². The first kappa shape index (κ1) is 12.7. The second kappa shape index (κ2) is 4.28. The summed E-state index contributed by atoms with van der Waals surface area (Å²) in [7, 11) is 2.03. The summed E-state index contributed by atoms with van der Waals surface area (Å²) in [6.07, 6.45) is 3.24. The summed E-state index contributed by atoms with van der Waals surface area (Å²) < 4.78 is 0. The second-order valence-corrected chi connectivity index (χ2v) is 4.85. The van der Waals surface area contributed by atoms with E-state index in [2.05, 4.69) is 52.6 Å². The van der Waals surface area contributed by atoms with Gasteiger partial charge in [0.2, 0.25) is 0 Å². The van der Waals surface area contributed by atoms with Crippen LogP contribution in [0.2, 0.25) is 0 Å². The van der Waals surface area contributed by atoms with E-state index in [1.54, 1.807) is 0 Å². The Morgan fingerprint density at radius 3 is 2.00 bits per heavy atom. The van der Waals surface area contributed by atoms with E-state index in [1.807, 2.05) is 7.05 Å². The summed E-state index contributed by atoms with van der Waals surface area (Å²) in [4.78, 5) is 0. The minimum absolute atomic E-state index is 0.141. The molecular formula is C12H25N. The van der Waals surface area contributed by atoms with Crippen molar-refractivity contribution in [2.24, 2.45) is 11.3 Å². The first-order valence-electron chi connectivity index (χ1n) is 5.15. The summed E-state index contributed by atoms with van der Waals surface area (Å²) >= 11 is 0. The first-order chi connectivity index (χ1) is 5.83. The van der Waals surface area contributed by atoms with Crippen LogP contribution < -0.4 is 5.32 Å². The van der Waals surface area contributed by atoms with Gasteiger partial charge in [0.15, 0.2) is 0 Å². The molecule has 0 fully saturated rings. The first-order valence-corrected chi connectivity index (χ1v) is 5.15. The molecule has 0 aromatic rings. The quantitative estimate of drug-likeness (QED) is 0.645. The van der Waals surface area contributed by atoms with E-state index in [0.29, 0.717) is 5.92 Å². The molecule has 0 aliphatic rings. The average Bonchev–Trinajstić information content (AvgIpc) is 2.06. The van der Waals surface area contributed by atoms with Crippen molar-refractivity contribution in [3.8, 4) is 0 Å². The molecule has 0 radical (unpaired) electrons. The van der Waals surface area contributed by atoms with E-state index in [-0.39, 0.29) is 11.0 Å². The maximum absolute atomic E-state index is 3.92. The lowest BCUT2D eigenvalue weighted by Crippen LogP contribution is -2.52. The van der Waals surface area contributed by atoms with Crippen molar-refractivity contribution in [3.05, 3.63) is 12.7 Å². The van der Waals surface area contributed by atoms with Gasteiger partial charge in [0.05, 0.1) is 0 Å². The molecule has 13 heavy (non-hydrogen) atoms. The van der Waals surface area contributed by atoms with Gasteiger partial charge in [-0.1, -0.05) is 26.8 Å². The van der Waals surface area contributed by atoms with E-state index in [0.717, 1.165) is 6.42 Å². The average molecular weight is 183 g/mol. The molecule has 0 heterocycles. The van der Waals surface area contributed by atoms with Gasteiger partial charge >= 0.3 is 0 Å². The molecule has 0 bridgehead atoms. The Morgan fingerprint density at radius 1 is 1.31 bits per heavy atom. The van der Waals surface area contributed by atoms with Gasteiger partial charge in [-0.2, -0.15) is 0 Å². The van der Waals surface area contributed by atoms with E-state index in [4.69, 9.17) is 0 Å². The molecule has 1 N–H and O–H groups in total. The predicted octanol–water partition coefficient (Wildman–Crippen LogP) is 3.22. The van der Waals surface area contributed by atoms with Crippen LogP contribution in [0.1, 0.15) is 41.0 Å². The molecule has 0 saturated carbocycles. The normalized spacial score (nSPS) is 15.5. The fourth-order valence-corrected chi connectivity index (χ4v) is 1.76. The van der Waals surface area contributed by atoms with Crippen LogP contribution in [0.5, 0.6) is 0 Å². The van der Waals surface area contributed by atoms with Crippen LogP contribution >= 0.6 is 0 Å². The Labute approximate surface area is 83.6 Å². The molecule has 0 aromatic carbocycles. The minimum atomic E-state index is 0.141. The Kier molecular flexibility index (Phi) is 4.18. The fourth-order valence-electron chi connectivity index (χ4n) is 1.76. The maximum atomic E-state index is 3.92. The van der Waals surface area contributed by atoms with Crippen LogP contribution in [0.25, 0.3) is 0 Å². The van der Waals surface area contributed by atoms with Crippen LogP contribution in [-0.2, 0) is 0 Å². The van der Waals surface area contributed by atoms with E-state index >= 15 is 0 Å². The third kappa shape index (κ3) is 2.34. The molecule has 0 aliphatic heterocycles. The van der Waals surface area contributed by atoms with Crippen LogP contribution in [0.15, 0.2) is 12.7 Å². The van der Waals surface area contributed by atoms with E-state index in [1.165, 1.54) is 0 Å². The second-order valence-electron chi connectivity index (χ2n) is 4.85. The SMILES string of the molecule is C=CC(CC)C(C)(C)C(C)(C)NC. The van der Waals surface area contributed by atoms with Crippen molar-refractivity contribution in [1.82, 2.24) is 5.32 Å². The molecule has 0 amide bonds. The zero-order valence-corrected chi connectivity index (χ0v) is 10.1. The molecule has 0 rings (SSSR count). The highest BCUT2D eigenvalue weighted by Gasteiger charge is 2.39. The molecule has 1 unspecified atom stereocenters. The third-order valence-electron chi connectivity index (χ3n) is 3.89. The highest BCUT2D eigenvalue weighted by molar-refractivity contribution is 5.01. The van der Waals surface area contributed by atoms with Crippen LogP contribution in [0, 0.1) is 11.3 Å². The van der Waals surface area contributed by atoms with E-state index in [9.17, 15) is 0 Å². The van der Waals surface area contributed by atoms with Gasteiger partial charge in [-0.3, -0.25) is 0 Å². The van der Waals surface area contributed by atoms with Gasteiger partial charge < -0.3 is 5.32 Å². The highest BCUT2D eigenvalue weighted by atomic mass is 14.9. The largest absolute Gasteiger partial charge is 0.314 e. The molecule has 78 valence electrons. The van der Waals surface area contributed by atoms with Crippen LogP contribution in [-0.4, -0.2) is 12.6 Å². The number of rotatable bonds is 5. The van der Waals surface area contributed by atoms with Gasteiger partial charge in [0, 0.05) is 5.54 Å². The highest BCUT2D eigenvalue weighted by Crippen LogP contribution is 2.40. The lowest BCUT2D eigenvalue weighted by atomic mass is 9.65. The van der Waals surface area contributed by atoms with Crippen molar-refractivity contribution < 1.29 is 0 Å². The predicted molar refractivity (Wildman–Crippen MR) is 60.9 cm³/mol. The van der Waals surface area contributed by atoms with Crippen LogP contribution in [0.4, 0.5) is 0 Å². The summed E-state index contributed by atoms with van der Waals surface area (Å²) in [5.41, 5.74) is 0.375. The minimum Gasteiger partial charge on any atom is -0.314 e. The Bertz CT molecular complexity index is 168. The lowest BCUT2D eigenvalue weighted by Gasteiger charge is -2.46. The topological polar surface area (TPSA) is 12.0 Å². The van der Waals surface area contributed by atoms with E-state index < -0.39 is 0 Å². The zero-order chi connectivity index (χ0) is 10.7. The number of nitrogens with one attached hydrogen (secondary N) is 1. The maximum Gasteiger partial charge on any atom is 0.0178 e. The van der Waals surface area contributed by atoms with Crippen molar-refractivity contribution in [2.75, 3.05) is 7.05 Å². The number of hydrogen-bond acceptors (Lipinski definition) is 1. The summed E-state index contributed by atoms with van der Waals surface area (Å²) in [5, 5.41) is 3.38. The van der Waals surface area contributed by atoms with Crippen LogP contribution in [0.3, 0.4) is 0 Å². The zero-order valence-electron chi connectivity index (χ0n) is 10.1. The Morgan fingerprint density at radius 2 is 1.77 bits per heavy atom. The number of allylic oxidation sites excluding steroid dienone is 1. The van der Waals surface area contributed by atoms with Crippen molar-refractivity contribution in [1.29, 1.82) is 0 Å². The molecule has 1 nitrogen and oxygen atoms in total. The van der Waals surface area contributed by atoms with Gasteiger partial charge in [0.25, 0.3) is 0 Å². The molecule has 0 aromatic heterocycles. The van der Waals surface area contributed by atoms with Crippen molar-refractivity contribution in [2.45, 2.75) is 46.6 Å². The standard InChI is InChI=1S/C12H25N/c1-8-10(9-2)11(3,4)12(5,6)13-7/h8,10,13H,1,9H2,2-7H3. The smallest absolute Gasteiger partial charge is 0.0178 e. The molecule has 0 aliphatic carbocycles. The molecule has 1 atom stereocenters. The summed E-state index contributed by atoms with van der Waals surface area (Å²) in [5.74, 6) is 0.565. The molecular weight excluding hydrogens is 158 g/mol. The summed E-state index contributed by atoms with van der Waals surface area (Å²) in [6.45, 7) is 15.2. The van der Waals surface area contributed by atoms with Gasteiger partial charge in [-0.05, 0) is 38.6 Å². The van der Waals surface area contributed by atoms with Crippen molar-refractivity contribution in [3.63, 3.8) is 0 Å². The molecule has 0 spiro atoms. The lowest BCUT2D eigenvalue weighted by molar-refractivity contribution is 0.107. The fraction of sp³-hybridized carbons (Fsp3) is 0.833. The van der Waals surface area contributed by atoms with Gasteiger partial charge in [-0.25, -0.2) is 0 Å². The Hall–Kier alpha value is -0.300. The molecule has 1 heteroatoms. The third-order valence-corrected chi connectivity index (χ3v) is 3.89. The number of hydrogen-bond donors (Lipinski definition) is 1. The Balaban J connectivity index is 4.81. The monoisotopic (exact) mass is 183 g/mol. The van der Waals surface area contributed by atoms with Gasteiger partial charge in [0.1, 0.15) is 0 Å². The summed E-state index contributed by atoms with van der Waals surface area (Å²) in [6, 6.07) is 0. The van der Waals surface area contributed by atoms with Gasteiger partial charge in [-0.15, -0.1) is 6.58 Å². The molecule has 0 saturated heterocycles.